The normalized spacial score (nSPS) is 10.2. The van der Waals surface area contributed by atoms with Crippen molar-refractivity contribution < 1.29 is 14.6 Å². The maximum absolute atomic E-state index is 10.8. The van der Waals surface area contributed by atoms with Crippen LogP contribution in [0.5, 0.6) is 5.88 Å². The number of halogens is 1. The fourth-order valence-electron chi connectivity index (χ4n) is 1.46. The molecule has 0 fully saturated rings. The van der Waals surface area contributed by atoms with Gasteiger partial charge in [0.05, 0.1) is 5.69 Å². The SMILES string of the molecule is Nc1ccc(C(=O)O)nc1OCc1cccc(Br)c1. The zero-order valence-electron chi connectivity index (χ0n) is 9.84. The molecule has 0 aliphatic rings. The number of carboxylic acids is 1. The highest BCUT2D eigenvalue weighted by molar-refractivity contribution is 9.10. The van der Waals surface area contributed by atoms with Crippen LogP contribution in [0.4, 0.5) is 5.69 Å². The summed E-state index contributed by atoms with van der Waals surface area (Å²) in [5.41, 5.74) is 6.83. The van der Waals surface area contributed by atoms with E-state index >= 15 is 0 Å². The summed E-state index contributed by atoms with van der Waals surface area (Å²) in [5, 5.41) is 8.86. The van der Waals surface area contributed by atoms with Crippen LogP contribution in [0.2, 0.25) is 0 Å². The van der Waals surface area contributed by atoms with Crippen molar-refractivity contribution in [2.24, 2.45) is 0 Å². The third-order valence-corrected chi connectivity index (χ3v) is 2.87. The lowest BCUT2D eigenvalue weighted by Gasteiger charge is -2.08. The average Bonchev–Trinajstić information content (AvgIpc) is 2.37. The fraction of sp³-hybridized carbons (Fsp3) is 0.0769. The molecule has 6 heteroatoms. The number of ether oxygens (including phenoxy) is 1. The second kappa shape index (κ2) is 5.71. The summed E-state index contributed by atoms with van der Waals surface area (Å²) in [5.74, 6) is -0.993. The number of pyridine rings is 1. The Labute approximate surface area is 118 Å². The van der Waals surface area contributed by atoms with Crippen LogP contribution in [0, 0.1) is 0 Å². The van der Waals surface area contributed by atoms with Crippen LogP contribution in [-0.4, -0.2) is 16.1 Å². The molecule has 0 saturated carbocycles. The molecule has 2 aromatic rings. The van der Waals surface area contributed by atoms with Crippen molar-refractivity contribution in [2.45, 2.75) is 6.61 Å². The first-order chi connectivity index (χ1) is 9.06. The lowest BCUT2D eigenvalue weighted by Crippen LogP contribution is -2.06. The van der Waals surface area contributed by atoms with Gasteiger partial charge < -0.3 is 15.6 Å². The first-order valence-electron chi connectivity index (χ1n) is 5.43. The number of carboxylic acid groups (broad SMARTS) is 1. The van der Waals surface area contributed by atoms with Crippen molar-refractivity contribution in [3.63, 3.8) is 0 Å². The van der Waals surface area contributed by atoms with Gasteiger partial charge in [-0.3, -0.25) is 0 Å². The molecule has 19 heavy (non-hydrogen) atoms. The molecule has 2 rings (SSSR count). The molecular weight excluding hydrogens is 312 g/mol. The number of nitrogens with zero attached hydrogens (tertiary/aromatic N) is 1. The molecule has 0 amide bonds. The topological polar surface area (TPSA) is 85.4 Å². The molecule has 98 valence electrons. The van der Waals surface area contributed by atoms with Crippen LogP contribution in [0.15, 0.2) is 40.9 Å². The Balaban J connectivity index is 2.15. The maximum atomic E-state index is 10.8. The largest absolute Gasteiger partial charge is 0.477 e. The van der Waals surface area contributed by atoms with Crippen molar-refractivity contribution in [3.05, 3.63) is 52.1 Å². The lowest BCUT2D eigenvalue weighted by molar-refractivity contribution is 0.0689. The molecule has 0 aliphatic heterocycles. The van der Waals surface area contributed by atoms with E-state index in [0.717, 1.165) is 10.0 Å². The Bertz CT molecular complexity index is 617. The maximum Gasteiger partial charge on any atom is 0.354 e. The smallest absolute Gasteiger partial charge is 0.354 e. The number of hydrogen-bond donors (Lipinski definition) is 2. The van der Waals surface area contributed by atoms with Crippen molar-refractivity contribution >= 4 is 27.6 Å². The van der Waals surface area contributed by atoms with Gasteiger partial charge in [0.15, 0.2) is 5.69 Å². The first kappa shape index (κ1) is 13.4. The third kappa shape index (κ3) is 3.45. The van der Waals surface area contributed by atoms with Crippen LogP contribution in [-0.2, 0) is 6.61 Å². The van der Waals surface area contributed by atoms with Gasteiger partial charge in [0.2, 0.25) is 5.88 Å². The van der Waals surface area contributed by atoms with E-state index in [-0.39, 0.29) is 18.2 Å². The number of rotatable bonds is 4. The summed E-state index contributed by atoms with van der Waals surface area (Å²) in [6.45, 7) is 0.264. The number of anilines is 1. The minimum atomic E-state index is -1.12. The van der Waals surface area contributed by atoms with Gasteiger partial charge in [0, 0.05) is 4.47 Å². The van der Waals surface area contributed by atoms with E-state index in [0.29, 0.717) is 5.69 Å². The van der Waals surface area contributed by atoms with E-state index in [1.807, 2.05) is 24.3 Å². The van der Waals surface area contributed by atoms with E-state index in [4.69, 9.17) is 15.6 Å². The molecule has 1 heterocycles. The molecule has 0 aliphatic carbocycles. The van der Waals surface area contributed by atoms with Crippen molar-refractivity contribution in [3.8, 4) is 5.88 Å². The molecular formula is C13H11BrN2O3. The van der Waals surface area contributed by atoms with E-state index in [1.165, 1.54) is 12.1 Å². The standard InChI is InChI=1S/C13H11BrN2O3/c14-9-3-1-2-8(6-9)7-19-12-10(15)4-5-11(16-12)13(17)18/h1-6H,7,15H2,(H,17,18). The molecule has 1 aromatic carbocycles. The van der Waals surface area contributed by atoms with E-state index in [1.54, 1.807) is 0 Å². The van der Waals surface area contributed by atoms with Gasteiger partial charge in [-0.05, 0) is 29.8 Å². The summed E-state index contributed by atoms with van der Waals surface area (Å²) in [4.78, 5) is 14.7. The van der Waals surface area contributed by atoms with Crippen LogP contribution in [0.3, 0.4) is 0 Å². The van der Waals surface area contributed by atoms with Gasteiger partial charge in [-0.2, -0.15) is 0 Å². The predicted molar refractivity (Wildman–Crippen MR) is 74.1 cm³/mol. The Kier molecular flexibility index (Phi) is 4.01. The highest BCUT2D eigenvalue weighted by Crippen LogP contribution is 2.20. The van der Waals surface area contributed by atoms with Crippen LogP contribution >= 0.6 is 15.9 Å². The van der Waals surface area contributed by atoms with Gasteiger partial charge in [0.25, 0.3) is 0 Å². The Morgan fingerprint density at radius 1 is 1.37 bits per heavy atom. The number of nitrogens with two attached hydrogens (primary N) is 1. The lowest BCUT2D eigenvalue weighted by atomic mass is 10.2. The summed E-state index contributed by atoms with van der Waals surface area (Å²) in [7, 11) is 0. The van der Waals surface area contributed by atoms with E-state index in [9.17, 15) is 4.79 Å². The van der Waals surface area contributed by atoms with Crippen molar-refractivity contribution in [2.75, 3.05) is 5.73 Å². The Hall–Kier alpha value is -2.08. The van der Waals surface area contributed by atoms with Gasteiger partial charge >= 0.3 is 5.97 Å². The summed E-state index contributed by atoms with van der Waals surface area (Å²) >= 11 is 3.36. The van der Waals surface area contributed by atoms with E-state index < -0.39 is 5.97 Å². The molecule has 1 aromatic heterocycles. The molecule has 5 nitrogen and oxygen atoms in total. The summed E-state index contributed by atoms with van der Waals surface area (Å²) in [6, 6.07) is 10.4. The number of benzene rings is 1. The molecule has 0 radical (unpaired) electrons. The number of nitrogen functional groups attached to an aromatic ring is 1. The second-order valence-electron chi connectivity index (χ2n) is 3.81. The van der Waals surface area contributed by atoms with Crippen LogP contribution < -0.4 is 10.5 Å². The number of hydrogen-bond acceptors (Lipinski definition) is 4. The third-order valence-electron chi connectivity index (χ3n) is 2.37. The number of aromatic nitrogens is 1. The van der Waals surface area contributed by atoms with Gasteiger partial charge in [-0.15, -0.1) is 0 Å². The van der Waals surface area contributed by atoms with Crippen LogP contribution in [0.1, 0.15) is 16.1 Å². The minimum Gasteiger partial charge on any atom is -0.477 e. The Morgan fingerprint density at radius 2 is 2.16 bits per heavy atom. The average molecular weight is 323 g/mol. The van der Waals surface area contributed by atoms with Crippen molar-refractivity contribution in [1.82, 2.24) is 4.98 Å². The van der Waals surface area contributed by atoms with Gasteiger partial charge in [-0.1, -0.05) is 28.1 Å². The Morgan fingerprint density at radius 3 is 2.84 bits per heavy atom. The summed E-state index contributed by atoms with van der Waals surface area (Å²) < 4.78 is 6.39. The quantitative estimate of drug-likeness (QED) is 0.903. The molecule has 0 spiro atoms. The monoisotopic (exact) mass is 322 g/mol. The van der Waals surface area contributed by atoms with Gasteiger partial charge in [0.1, 0.15) is 6.61 Å². The molecule has 0 bridgehead atoms. The van der Waals surface area contributed by atoms with Gasteiger partial charge in [-0.25, -0.2) is 9.78 Å². The fourth-order valence-corrected chi connectivity index (χ4v) is 1.91. The zero-order chi connectivity index (χ0) is 13.8. The number of carbonyl (C=O) groups is 1. The molecule has 0 saturated heterocycles. The highest BCUT2D eigenvalue weighted by atomic mass is 79.9. The zero-order valence-corrected chi connectivity index (χ0v) is 11.4. The number of aromatic carboxylic acids is 1. The predicted octanol–water partition coefficient (Wildman–Crippen LogP) is 2.70. The van der Waals surface area contributed by atoms with Crippen LogP contribution in [0.25, 0.3) is 0 Å². The molecule has 0 unspecified atom stereocenters. The first-order valence-corrected chi connectivity index (χ1v) is 6.22. The highest BCUT2D eigenvalue weighted by Gasteiger charge is 2.09. The minimum absolute atomic E-state index is 0.0987. The van der Waals surface area contributed by atoms with E-state index in [2.05, 4.69) is 20.9 Å². The summed E-state index contributed by atoms with van der Waals surface area (Å²) in [6.07, 6.45) is 0. The van der Waals surface area contributed by atoms with Crippen molar-refractivity contribution in [1.29, 1.82) is 0 Å². The second-order valence-corrected chi connectivity index (χ2v) is 4.73. The molecule has 3 N–H and O–H groups in total. The molecule has 0 atom stereocenters.